The Morgan fingerprint density at radius 1 is 1.50 bits per heavy atom. The molecule has 0 bridgehead atoms. The first-order chi connectivity index (χ1) is 4.77. The van der Waals surface area contributed by atoms with Crippen molar-refractivity contribution in [1.82, 2.24) is 0 Å². The summed E-state index contributed by atoms with van der Waals surface area (Å²) in [6.07, 6.45) is 2.05. The Morgan fingerprint density at radius 3 is 2.30 bits per heavy atom. The van der Waals surface area contributed by atoms with Crippen molar-refractivity contribution in [3.63, 3.8) is 0 Å². The van der Waals surface area contributed by atoms with Gasteiger partial charge in [-0.2, -0.15) is 0 Å². The highest BCUT2D eigenvalue weighted by Crippen LogP contribution is 1.86. The van der Waals surface area contributed by atoms with E-state index in [4.69, 9.17) is 5.11 Å². The van der Waals surface area contributed by atoms with E-state index in [-0.39, 0.29) is 5.97 Å². The highest BCUT2D eigenvalue weighted by molar-refractivity contribution is 5.65. The van der Waals surface area contributed by atoms with Gasteiger partial charge < -0.3 is 9.84 Å². The smallest absolute Gasteiger partial charge is 0.302 e. The molecule has 3 heteroatoms. The summed E-state index contributed by atoms with van der Waals surface area (Å²) < 4.78 is 4.64. The third kappa shape index (κ3) is 15.7. The van der Waals surface area contributed by atoms with Gasteiger partial charge in [-0.05, 0) is 6.42 Å². The van der Waals surface area contributed by atoms with Crippen LogP contribution in [0.5, 0.6) is 0 Å². The Kier molecular flexibility index (Phi) is 13.7. The number of carbonyl (C=O) groups is 1. The van der Waals surface area contributed by atoms with E-state index in [0.717, 1.165) is 20.0 Å². The average molecular weight is 148 g/mol. The Bertz CT molecular complexity index is 71.3. The van der Waals surface area contributed by atoms with Gasteiger partial charge in [0, 0.05) is 14.0 Å². The standard InChI is InChI=1S/C6H12O2.CH4O/c1-3-4-5-8-6(2)7;1-2/h3-5H2,1-2H3;2H,1H3. The van der Waals surface area contributed by atoms with Crippen molar-refractivity contribution >= 4 is 5.97 Å². The molecular formula is C7H16O3. The Labute approximate surface area is 62.0 Å². The molecule has 62 valence electrons. The number of esters is 1. The summed E-state index contributed by atoms with van der Waals surface area (Å²) in [4.78, 5) is 10.1. The maximum atomic E-state index is 10.1. The predicted molar refractivity (Wildman–Crippen MR) is 39.7 cm³/mol. The monoisotopic (exact) mass is 148 g/mol. The van der Waals surface area contributed by atoms with E-state index < -0.39 is 0 Å². The third-order valence-corrected chi connectivity index (χ3v) is 0.803. The lowest BCUT2D eigenvalue weighted by molar-refractivity contribution is -0.141. The Hall–Kier alpha value is -0.570. The fourth-order valence-corrected chi connectivity index (χ4v) is 0.360. The van der Waals surface area contributed by atoms with Gasteiger partial charge in [-0.25, -0.2) is 0 Å². The molecular weight excluding hydrogens is 132 g/mol. The molecule has 1 N–H and O–H groups in total. The third-order valence-electron chi connectivity index (χ3n) is 0.803. The van der Waals surface area contributed by atoms with Crippen molar-refractivity contribution < 1.29 is 14.6 Å². The van der Waals surface area contributed by atoms with Gasteiger partial charge in [0.1, 0.15) is 0 Å². The molecule has 0 atom stereocenters. The van der Waals surface area contributed by atoms with Crippen LogP contribution >= 0.6 is 0 Å². The van der Waals surface area contributed by atoms with Crippen LogP contribution in [0.3, 0.4) is 0 Å². The van der Waals surface area contributed by atoms with Gasteiger partial charge in [-0.3, -0.25) is 4.79 Å². The minimum Gasteiger partial charge on any atom is -0.466 e. The summed E-state index contributed by atoms with van der Waals surface area (Å²) in [5.41, 5.74) is 0. The van der Waals surface area contributed by atoms with Crippen LogP contribution in [0.25, 0.3) is 0 Å². The second kappa shape index (κ2) is 11.3. The molecule has 3 nitrogen and oxygen atoms in total. The molecule has 0 radical (unpaired) electrons. The van der Waals surface area contributed by atoms with Crippen molar-refractivity contribution in [3.05, 3.63) is 0 Å². The Balaban J connectivity index is 0. The van der Waals surface area contributed by atoms with Crippen molar-refractivity contribution in [1.29, 1.82) is 0 Å². The van der Waals surface area contributed by atoms with Crippen LogP contribution in [-0.4, -0.2) is 24.8 Å². The first kappa shape index (κ1) is 12.1. The highest BCUT2D eigenvalue weighted by atomic mass is 16.5. The number of rotatable bonds is 3. The summed E-state index contributed by atoms with van der Waals surface area (Å²) in [5, 5.41) is 7.00. The zero-order valence-corrected chi connectivity index (χ0v) is 6.89. The van der Waals surface area contributed by atoms with Crippen LogP contribution < -0.4 is 0 Å². The lowest BCUT2D eigenvalue weighted by Gasteiger charge is -1.96. The van der Waals surface area contributed by atoms with Crippen molar-refractivity contribution in [2.45, 2.75) is 26.7 Å². The number of hydrogen-bond acceptors (Lipinski definition) is 3. The predicted octanol–water partition coefficient (Wildman–Crippen LogP) is 0.958. The van der Waals surface area contributed by atoms with Gasteiger partial charge in [-0.1, -0.05) is 13.3 Å². The first-order valence-corrected chi connectivity index (χ1v) is 3.35. The maximum absolute atomic E-state index is 10.1. The van der Waals surface area contributed by atoms with E-state index in [2.05, 4.69) is 11.7 Å². The number of hydrogen-bond donors (Lipinski definition) is 1. The number of aliphatic hydroxyl groups excluding tert-OH is 1. The van der Waals surface area contributed by atoms with Gasteiger partial charge >= 0.3 is 5.97 Å². The molecule has 0 saturated heterocycles. The van der Waals surface area contributed by atoms with Crippen LogP contribution in [-0.2, 0) is 9.53 Å². The van der Waals surface area contributed by atoms with Gasteiger partial charge in [0.2, 0.25) is 0 Å². The molecule has 0 aromatic carbocycles. The fourth-order valence-electron chi connectivity index (χ4n) is 0.360. The van der Waals surface area contributed by atoms with Crippen molar-refractivity contribution in [3.8, 4) is 0 Å². The summed E-state index contributed by atoms with van der Waals surface area (Å²) in [5.74, 6) is -0.182. The second-order valence-electron chi connectivity index (χ2n) is 1.69. The largest absolute Gasteiger partial charge is 0.466 e. The number of unbranched alkanes of at least 4 members (excludes halogenated alkanes) is 1. The number of aliphatic hydroxyl groups is 1. The molecule has 0 aromatic heterocycles. The quantitative estimate of drug-likeness (QED) is 0.479. The molecule has 0 heterocycles. The summed E-state index contributed by atoms with van der Waals surface area (Å²) in [7, 11) is 1.00. The molecule has 0 saturated carbocycles. The Morgan fingerprint density at radius 2 is 2.00 bits per heavy atom. The topological polar surface area (TPSA) is 46.5 Å². The average Bonchev–Trinajstić information content (AvgIpc) is 1.92. The van der Waals surface area contributed by atoms with E-state index in [1.165, 1.54) is 6.92 Å². The lowest BCUT2D eigenvalue weighted by atomic mass is 10.4. The normalized spacial score (nSPS) is 7.60. The van der Waals surface area contributed by atoms with E-state index in [0.29, 0.717) is 6.61 Å². The van der Waals surface area contributed by atoms with Crippen LogP contribution in [0, 0.1) is 0 Å². The van der Waals surface area contributed by atoms with E-state index in [9.17, 15) is 4.79 Å². The minimum atomic E-state index is -0.182. The highest BCUT2D eigenvalue weighted by Gasteiger charge is 1.88. The van der Waals surface area contributed by atoms with Crippen LogP contribution in [0.4, 0.5) is 0 Å². The van der Waals surface area contributed by atoms with E-state index in [1.807, 2.05) is 0 Å². The van der Waals surface area contributed by atoms with Crippen LogP contribution in [0.2, 0.25) is 0 Å². The van der Waals surface area contributed by atoms with Crippen LogP contribution in [0.15, 0.2) is 0 Å². The molecule has 0 amide bonds. The second-order valence-corrected chi connectivity index (χ2v) is 1.69. The maximum Gasteiger partial charge on any atom is 0.302 e. The number of ether oxygens (including phenoxy) is 1. The summed E-state index contributed by atoms with van der Waals surface area (Å²) in [6.45, 7) is 4.06. The summed E-state index contributed by atoms with van der Waals surface area (Å²) in [6, 6.07) is 0. The molecule has 0 aliphatic heterocycles. The first-order valence-electron chi connectivity index (χ1n) is 3.35. The van der Waals surface area contributed by atoms with Crippen LogP contribution in [0.1, 0.15) is 26.7 Å². The zero-order valence-electron chi connectivity index (χ0n) is 6.89. The number of carbonyl (C=O) groups excluding carboxylic acids is 1. The van der Waals surface area contributed by atoms with Gasteiger partial charge in [0.25, 0.3) is 0 Å². The van der Waals surface area contributed by atoms with E-state index in [1.54, 1.807) is 0 Å². The fraction of sp³-hybridized carbons (Fsp3) is 0.857. The molecule has 0 fully saturated rings. The molecule has 0 aliphatic rings. The molecule has 10 heavy (non-hydrogen) atoms. The lowest BCUT2D eigenvalue weighted by Crippen LogP contribution is -1.99. The molecule has 0 rings (SSSR count). The van der Waals surface area contributed by atoms with Crippen molar-refractivity contribution in [2.75, 3.05) is 13.7 Å². The van der Waals surface area contributed by atoms with Crippen molar-refractivity contribution in [2.24, 2.45) is 0 Å². The van der Waals surface area contributed by atoms with Gasteiger partial charge in [0.05, 0.1) is 6.61 Å². The van der Waals surface area contributed by atoms with Gasteiger partial charge in [-0.15, -0.1) is 0 Å². The molecule has 0 aliphatic carbocycles. The SMILES string of the molecule is CCCCOC(C)=O.CO. The molecule has 0 unspecified atom stereocenters. The minimum absolute atomic E-state index is 0.182. The molecule has 0 spiro atoms. The molecule has 0 aromatic rings. The van der Waals surface area contributed by atoms with E-state index >= 15 is 0 Å². The zero-order chi connectivity index (χ0) is 8.41. The van der Waals surface area contributed by atoms with Gasteiger partial charge in [0.15, 0.2) is 0 Å². The summed E-state index contributed by atoms with van der Waals surface area (Å²) >= 11 is 0.